The number of H-pyrrole nitrogens is 1. The maximum absolute atomic E-state index is 12.7. The van der Waals surface area contributed by atoms with Gasteiger partial charge in [-0.1, -0.05) is 18.2 Å². The van der Waals surface area contributed by atoms with Gasteiger partial charge in [-0.25, -0.2) is 0 Å². The van der Waals surface area contributed by atoms with Crippen LogP contribution in [0.4, 0.5) is 0 Å². The Morgan fingerprint density at radius 2 is 1.95 bits per heavy atom. The van der Waals surface area contributed by atoms with Gasteiger partial charge in [-0.3, -0.25) is 9.69 Å². The van der Waals surface area contributed by atoms with Gasteiger partial charge in [0.05, 0.1) is 12.1 Å². The summed E-state index contributed by atoms with van der Waals surface area (Å²) < 4.78 is 0. The van der Waals surface area contributed by atoms with Crippen molar-refractivity contribution in [2.75, 3.05) is 19.6 Å². The number of aromatic nitrogens is 1. The highest BCUT2D eigenvalue weighted by atomic mass is 16.1. The maximum Gasteiger partial charge on any atom is 0.251 e. The molecule has 6 nitrogen and oxygen atoms in total. The summed E-state index contributed by atoms with van der Waals surface area (Å²) in [6.07, 6.45) is 8.99. The zero-order chi connectivity index (χ0) is 25.9. The van der Waals surface area contributed by atoms with Crippen LogP contribution in [0.3, 0.4) is 0 Å². The maximum atomic E-state index is 12.7. The Morgan fingerprint density at radius 3 is 2.63 bits per heavy atom. The van der Waals surface area contributed by atoms with Crippen molar-refractivity contribution in [1.82, 2.24) is 20.5 Å². The lowest BCUT2D eigenvalue weighted by Crippen LogP contribution is -2.56. The molecule has 1 spiro atoms. The summed E-state index contributed by atoms with van der Waals surface area (Å²) in [5, 5.41) is 17.2. The largest absolute Gasteiger partial charge is 0.361 e. The van der Waals surface area contributed by atoms with Crippen LogP contribution in [0.15, 0.2) is 42.6 Å². The predicted molar refractivity (Wildman–Crippen MR) is 149 cm³/mol. The first-order chi connectivity index (χ1) is 18.5. The number of carbonyl (C=O) groups is 1. The fourth-order valence-corrected chi connectivity index (χ4v) is 7.29. The summed E-state index contributed by atoms with van der Waals surface area (Å²) in [7, 11) is 0. The van der Waals surface area contributed by atoms with Crippen LogP contribution in [0.2, 0.25) is 0 Å². The second kappa shape index (κ2) is 9.25. The van der Waals surface area contributed by atoms with Gasteiger partial charge in [0, 0.05) is 54.3 Å². The summed E-state index contributed by atoms with van der Waals surface area (Å²) >= 11 is 0. The Labute approximate surface area is 224 Å². The smallest absolute Gasteiger partial charge is 0.251 e. The highest BCUT2D eigenvalue weighted by Gasteiger charge is 2.49. The minimum Gasteiger partial charge on any atom is -0.361 e. The van der Waals surface area contributed by atoms with E-state index in [9.17, 15) is 10.1 Å². The third kappa shape index (κ3) is 4.22. The van der Waals surface area contributed by atoms with Crippen molar-refractivity contribution < 1.29 is 4.79 Å². The topological polar surface area (TPSA) is 83.9 Å². The molecule has 4 fully saturated rings. The number of aromatic amines is 1. The number of carbonyl (C=O) groups excluding carboxylic acids is 1. The van der Waals surface area contributed by atoms with E-state index in [0.29, 0.717) is 12.0 Å². The highest BCUT2D eigenvalue weighted by Crippen LogP contribution is 2.57. The number of likely N-dealkylation sites (tertiary alicyclic amines) is 1. The Hall–Kier alpha value is -3.14. The Morgan fingerprint density at radius 1 is 1.16 bits per heavy atom. The molecule has 38 heavy (non-hydrogen) atoms. The van der Waals surface area contributed by atoms with Gasteiger partial charge in [0.1, 0.15) is 0 Å². The van der Waals surface area contributed by atoms with E-state index in [1.54, 1.807) is 5.56 Å². The lowest BCUT2D eigenvalue weighted by Gasteiger charge is -2.53. The number of piperidine rings is 1. The standard InChI is InChI=1S/C32H37N5O/c1-20-12-27(22-2-3-22)28(26-8-10-35-30(20)26)19-37-11-9-32(13-21(14-32)16-33)15-29(37)23-4-6-24(7-5-23)31(38)36-25-17-34-18-25/h4-8,10,12,21-22,25,29,34-35H,2-3,9,11,13-15,17-19H2,1H3,(H,36,38)/t21?,29-,32?/m0/s1. The number of rotatable bonds is 6. The third-order valence-corrected chi connectivity index (χ3v) is 9.78. The van der Waals surface area contributed by atoms with Crippen molar-refractivity contribution in [3.63, 3.8) is 0 Å². The summed E-state index contributed by atoms with van der Waals surface area (Å²) in [5.41, 5.74) is 7.94. The minimum absolute atomic E-state index is 0.0134. The normalized spacial score (nSPS) is 27.6. The molecule has 3 heterocycles. The Bertz CT molecular complexity index is 1400. The molecule has 2 aliphatic heterocycles. The van der Waals surface area contributed by atoms with Crippen molar-refractivity contribution >= 4 is 16.8 Å². The van der Waals surface area contributed by atoms with Gasteiger partial charge in [-0.05, 0) is 104 Å². The lowest BCUT2D eigenvalue weighted by atomic mass is 9.56. The second-order valence-corrected chi connectivity index (χ2v) is 12.4. The molecule has 3 N–H and O–H groups in total. The van der Waals surface area contributed by atoms with E-state index in [-0.39, 0.29) is 23.3 Å². The number of benzene rings is 2. The molecule has 1 atom stereocenters. The van der Waals surface area contributed by atoms with Crippen molar-refractivity contribution in [1.29, 1.82) is 5.26 Å². The molecule has 1 amide bonds. The summed E-state index contributed by atoms with van der Waals surface area (Å²) in [6.45, 7) is 5.92. The summed E-state index contributed by atoms with van der Waals surface area (Å²) in [6, 6.07) is 16.1. The van der Waals surface area contributed by atoms with Gasteiger partial charge in [-0.2, -0.15) is 5.26 Å². The fourth-order valence-electron chi connectivity index (χ4n) is 7.29. The zero-order valence-electron chi connectivity index (χ0n) is 22.2. The van der Waals surface area contributed by atoms with Gasteiger partial charge in [0.2, 0.25) is 0 Å². The molecule has 196 valence electrons. The van der Waals surface area contributed by atoms with Crippen LogP contribution in [0.1, 0.15) is 83.1 Å². The number of hydrogen-bond acceptors (Lipinski definition) is 4. The molecule has 1 aromatic heterocycles. The molecule has 0 bridgehead atoms. The number of amides is 1. The van der Waals surface area contributed by atoms with E-state index in [4.69, 9.17) is 0 Å². The fraction of sp³-hybridized carbons (Fsp3) is 0.500. The van der Waals surface area contributed by atoms with Crippen LogP contribution in [-0.4, -0.2) is 41.5 Å². The molecule has 3 aromatic rings. The minimum atomic E-state index is 0.0134. The highest BCUT2D eigenvalue weighted by molar-refractivity contribution is 5.94. The van der Waals surface area contributed by atoms with Crippen LogP contribution in [0, 0.1) is 29.6 Å². The van der Waals surface area contributed by atoms with E-state index in [2.05, 4.69) is 64.0 Å². The first-order valence-electron chi connectivity index (χ1n) is 14.4. The predicted octanol–water partition coefficient (Wildman–Crippen LogP) is 5.31. The molecule has 2 aliphatic carbocycles. The number of nitrogens with zero attached hydrogens (tertiary/aromatic N) is 2. The number of nitrogens with one attached hydrogen (secondary N) is 3. The van der Waals surface area contributed by atoms with Crippen molar-refractivity contribution in [3.05, 3.63) is 70.4 Å². The average molecular weight is 508 g/mol. The Kier molecular flexibility index (Phi) is 5.83. The van der Waals surface area contributed by atoms with Gasteiger partial charge in [0.25, 0.3) is 5.91 Å². The van der Waals surface area contributed by atoms with Crippen molar-refractivity contribution in [2.45, 2.75) is 70.0 Å². The van der Waals surface area contributed by atoms with E-state index in [0.717, 1.165) is 51.0 Å². The van der Waals surface area contributed by atoms with Crippen molar-refractivity contribution in [2.24, 2.45) is 11.3 Å². The first-order valence-corrected chi connectivity index (χ1v) is 14.4. The third-order valence-electron chi connectivity index (χ3n) is 9.78. The van der Waals surface area contributed by atoms with Gasteiger partial charge in [0.15, 0.2) is 0 Å². The molecule has 2 saturated carbocycles. The van der Waals surface area contributed by atoms with Crippen LogP contribution in [-0.2, 0) is 6.54 Å². The van der Waals surface area contributed by atoms with E-state index in [1.807, 2.05) is 12.1 Å². The zero-order valence-corrected chi connectivity index (χ0v) is 22.2. The van der Waals surface area contributed by atoms with E-state index >= 15 is 0 Å². The van der Waals surface area contributed by atoms with Crippen LogP contribution in [0.5, 0.6) is 0 Å². The van der Waals surface area contributed by atoms with E-state index < -0.39 is 0 Å². The van der Waals surface area contributed by atoms with Crippen LogP contribution >= 0.6 is 0 Å². The van der Waals surface area contributed by atoms with E-state index in [1.165, 1.54) is 46.9 Å². The molecule has 0 radical (unpaired) electrons. The molecular formula is C32H37N5O. The molecule has 0 unspecified atom stereocenters. The van der Waals surface area contributed by atoms with Gasteiger partial charge >= 0.3 is 0 Å². The SMILES string of the molecule is Cc1cc(C2CC2)c(CN2CCC3(CC(C#N)C3)C[C@H]2c2ccc(C(=O)NC3CNC3)cc2)c2cc[nH]c12. The average Bonchev–Trinajstić information content (AvgIpc) is 3.61. The van der Waals surface area contributed by atoms with Crippen LogP contribution < -0.4 is 10.6 Å². The van der Waals surface area contributed by atoms with Gasteiger partial charge < -0.3 is 15.6 Å². The first kappa shape index (κ1) is 23.9. The summed E-state index contributed by atoms with van der Waals surface area (Å²) in [4.78, 5) is 18.9. The van der Waals surface area contributed by atoms with Crippen molar-refractivity contribution in [3.8, 4) is 6.07 Å². The number of fused-ring (bicyclic) bond motifs is 1. The molecule has 2 saturated heterocycles. The Balaban J connectivity index is 1.19. The van der Waals surface area contributed by atoms with Crippen LogP contribution in [0.25, 0.3) is 10.9 Å². The molecule has 2 aromatic carbocycles. The molecule has 4 aliphatic rings. The van der Waals surface area contributed by atoms with Gasteiger partial charge in [-0.15, -0.1) is 0 Å². The summed E-state index contributed by atoms with van der Waals surface area (Å²) in [5.74, 6) is 0.927. The molecule has 6 heteroatoms. The number of nitriles is 1. The number of hydrogen-bond donors (Lipinski definition) is 3. The number of aryl methyl sites for hydroxylation is 1. The quantitative estimate of drug-likeness (QED) is 0.422. The second-order valence-electron chi connectivity index (χ2n) is 12.4. The molecule has 7 rings (SSSR count). The monoisotopic (exact) mass is 507 g/mol. The molecular weight excluding hydrogens is 470 g/mol. The lowest BCUT2D eigenvalue weighted by molar-refractivity contribution is -0.0297.